The minimum Gasteiger partial charge on any atom is -0.303 e. The van der Waals surface area contributed by atoms with Gasteiger partial charge in [0.1, 0.15) is 5.82 Å². The maximum absolute atomic E-state index is 4.37. The molecule has 1 unspecified atom stereocenters. The van der Waals surface area contributed by atoms with Gasteiger partial charge in [0, 0.05) is 18.7 Å². The van der Waals surface area contributed by atoms with Crippen molar-refractivity contribution in [3.05, 3.63) is 29.7 Å². The van der Waals surface area contributed by atoms with Crippen LogP contribution in [-0.4, -0.2) is 39.1 Å². The van der Waals surface area contributed by atoms with Crippen LogP contribution in [0.25, 0.3) is 5.65 Å². The average Bonchev–Trinajstić information content (AvgIpc) is 2.77. The quantitative estimate of drug-likeness (QED) is 0.811. The van der Waals surface area contributed by atoms with Crippen molar-refractivity contribution < 1.29 is 0 Å². The van der Waals surface area contributed by atoms with Gasteiger partial charge in [-0.1, -0.05) is 12.5 Å². The van der Waals surface area contributed by atoms with Crippen LogP contribution in [0.5, 0.6) is 0 Å². The van der Waals surface area contributed by atoms with E-state index in [1.165, 1.54) is 31.4 Å². The lowest BCUT2D eigenvalue weighted by Crippen LogP contribution is -2.38. The number of likely N-dealkylation sites (tertiary alicyclic amines) is 1. The van der Waals surface area contributed by atoms with Gasteiger partial charge in [-0.25, -0.2) is 0 Å². The van der Waals surface area contributed by atoms with Crippen molar-refractivity contribution in [2.75, 3.05) is 13.6 Å². The number of hydrogen-bond donors (Lipinski definition) is 0. The van der Waals surface area contributed by atoms with Crippen molar-refractivity contribution in [3.63, 3.8) is 0 Å². The van der Waals surface area contributed by atoms with Crippen LogP contribution in [0.1, 0.15) is 30.7 Å². The first-order valence-electron chi connectivity index (χ1n) is 6.75. The van der Waals surface area contributed by atoms with E-state index >= 15 is 0 Å². The number of nitrogens with zero attached hydrogens (tertiary/aromatic N) is 4. The van der Waals surface area contributed by atoms with E-state index in [9.17, 15) is 0 Å². The molecule has 1 aliphatic rings. The van der Waals surface area contributed by atoms with Crippen molar-refractivity contribution in [2.24, 2.45) is 0 Å². The molecule has 1 saturated heterocycles. The zero-order chi connectivity index (χ0) is 12.5. The van der Waals surface area contributed by atoms with Gasteiger partial charge in [0.25, 0.3) is 0 Å². The summed E-state index contributed by atoms with van der Waals surface area (Å²) in [6, 6.07) is 4.77. The van der Waals surface area contributed by atoms with Gasteiger partial charge in [0.05, 0.1) is 0 Å². The molecule has 18 heavy (non-hydrogen) atoms. The van der Waals surface area contributed by atoms with Crippen LogP contribution in [-0.2, 0) is 6.42 Å². The molecule has 1 atom stereocenters. The van der Waals surface area contributed by atoms with E-state index in [1.54, 1.807) is 0 Å². The second-order valence-electron chi connectivity index (χ2n) is 5.34. The summed E-state index contributed by atoms with van der Waals surface area (Å²) >= 11 is 0. The molecular formula is C14H20N4. The van der Waals surface area contributed by atoms with Crippen LogP contribution in [0.2, 0.25) is 0 Å². The molecule has 0 N–H and O–H groups in total. The molecule has 2 aromatic heterocycles. The predicted molar refractivity (Wildman–Crippen MR) is 71.7 cm³/mol. The zero-order valence-corrected chi connectivity index (χ0v) is 11.1. The van der Waals surface area contributed by atoms with Crippen LogP contribution in [0.3, 0.4) is 0 Å². The fourth-order valence-corrected chi connectivity index (χ4v) is 2.85. The van der Waals surface area contributed by atoms with E-state index in [-0.39, 0.29) is 0 Å². The molecular weight excluding hydrogens is 224 g/mol. The number of hydrogen-bond acceptors (Lipinski definition) is 3. The number of piperidine rings is 1. The van der Waals surface area contributed by atoms with E-state index in [0.717, 1.165) is 17.9 Å². The third kappa shape index (κ3) is 2.01. The monoisotopic (exact) mass is 244 g/mol. The van der Waals surface area contributed by atoms with Crippen molar-refractivity contribution >= 4 is 5.65 Å². The highest BCUT2D eigenvalue weighted by Gasteiger charge is 2.21. The molecule has 0 bridgehead atoms. The number of likely N-dealkylation sites (N-methyl/N-ethyl adjacent to an activating group) is 1. The van der Waals surface area contributed by atoms with Gasteiger partial charge in [-0.2, -0.15) is 0 Å². The Kier molecular flexibility index (Phi) is 3.04. The van der Waals surface area contributed by atoms with Gasteiger partial charge in [0.2, 0.25) is 0 Å². The molecule has 4 heteroatoms. The Morgan fingerprint density at radius 1 is 1.33 bits per heavy atom. The zero-order valence-electron chi connectivity index (χ0n) is 11.1. The molecule has 0 saturated carbocycles. The largest absolute Gasteiger partial charge is 0.303 e. The van der Waals surface area contributed by atoms with E-state index < -0.39 is 0 Å². The van der Waals surface area contributed by atoms with Crippen LogP contribution in [0.15, 0.2) is 18.3 Å². The number of fused-ring (bicyclic) bond motifs is 1. The number of aromatic nitrogens is 3. The highest BCUT2D eigenvalue weighted by molar-refractivity contribution is 5.46. The molecule has 1 aliphatic heterocycles. The predicted octanol–water partition coefficient (Wildman–Crippen LogP) is 2.06. The van der Waals surface area contributed by atoms with E-state index in [2.05, 4.69) is 51.8 Å². The maximum Gasteiger partial charge on any atom is 0.163 e. The smallest absolute Gasteiger partial charge is 0.163 e. The van der Waals surface area contributed by atoms with Crippen LogP contribution < -0.4 is 0 Å². The molecule has 3 rings (SSSR count). The molecule has 96 valence electrons. The van der Waals surface area contributed by atoms with Crippen molar-refractivity contribution in [1.29, 1.82) is 0 Å². The summed E-state index contributed by atoms with van der Waals surface area (Å²) in [5, 5.41) is 8.67. The highest BCUT2D eigenvalue weighted by Crippen LogP contribution is 2.19. The first-order chi connectivity index (χ1) is 8.75. The third-order valence-corrected chi connectivity index (χ3v) is 4.04. The van der Waals surface area contributed by atoms with Gasteiger partial charge < -0.3 is 4.90 Å². The normalized spacial score (nSPS) is 21.6. The molecule has 1 fully saturated rings. The Hall–Kier alpha value is -1.42. The minimum absolute atomic E-state index is 0.617. The number of rotatable bonds is 2. The Morgan fingerprint density at radius 2 is 2.22 bits per heavy atom. The number of pyridine rings is 1. The lowest BCUT2D eigenvalue weighted by Gasteiger charge is -2.31. The highest BCUT2D eigenvalue weighted by atomic mass is 15.3. The molecule has 0 amide bonds. The lowest BCUT2D eigenvalue weighted by atomic mass is 10.00. The van der Waals surface area contributed by atoms with Crippen LogP contribution >= 0.6 is 0 Å². The molecule has 0 aliphatic carbocycles. The van der Waals surface area contributed by atoms with Crippen molar-refractivity contribution in [2.45, 2.75) is 38.6 Å². The summed E-state index contributed by atoms with van der Waals surface area (Å²) in [4.78, 5) is 2.46. The summed E-state index contributed by atoms with van der Waals surface area (Å²) in [6.45, 7) is 3.29. The van der Waals surface area contributed by atoms with Crippen LogP contribution in [0, 0.1) is 6.92 Å². The van der Waals surface area contributed by atoms with Gasteiger partial charge >= 0.3 is 0 Å². The Labute approximate surface area is 108 Å². The minimum atomic E-state index is 0.617. The van der Waals surface area contributed by atoms with E-state index in [0.29, 0.717) is 6.04 Å². The average molecular weight is 244 g/mol. The second-order valence-corrected chi connectivity index (χ2v) is 5.34. The Balaban J connectivity index is 1.88. The van der Waals surface area contributed by atoms with E-state index in [1.807, 2.05) is 0 Å². The van der Waals surface area contributed by atoms with E-state index in [4.69, 9.17) is 0 Å². The molecule has 3 heterocycles. The number of aryl methyl sites for hydroxylation is 1. The second kappa shape index (κ2) is 4.69. The summed E-state index contributed by atoms with van der Waals surface area (Å²) < 4.78 is 2.14. The fraction of sp³-hybridized carbons (Fsp3) is 0.571. The summed E-state index contributed by atoms with van der Waals surface area (Å²) in [6.07, 6.45) is 7.01. The van der Waals surface area contributed by atoms with Crippen molar-refractivity contribution in [3.8, 4) is 0 Å². The standard InChI is InChI=1S/C14H20N4/c1-11-6-5-9-18-13(15-16-14(11)18)10-12-7-3-4-8-17(12)2/h5-6,9,12H,3-4,7-8,10H2,1-2H3. The molecule has 2 aromatic rings. The summed E-state index contributed by atoms with van der Waals surface area (Å²) in [5.74, 6) is 1.09. The summed E-state index contributed by atoms with van der Waals surface area (Å²) in [5.41, 5.74) is 2.18. The topological polar surface area (TPSA) is 33.4 Å². The van der Waals surface area contributed by atoms with Crippen LogP contribution in [0.4, 0.5) is 0 Å². The third-order valence-electron chi connectivity index (χ3n) is 4.04. The molecule has 4 nitrogen and oxygen atoms in total. The first kappa shape index (κ1) is 11.7. The van der Waals surface area contributed by atoms with Gasteiger partial charge in [-0.3, -0.25) is 4.40 Å². The first-order valence-corrected chi connectivity index (χ1v) is 6.75. The molecule has 0 radical (unpaired) electrons. The SMILES string of the molecule is Cc1cccn2c(CC3CCCCN3C)nnc12. The molecule has 0 aromatic carbocycles. The summed E-state index contributed by atoms with van der Waals surface area (Å²) in [7, 11) is 2.22. The van der Waals surface area contributed by atoms with Crippen molar-refractivity contribution in [1.82, 2.24) is 19.5 Å². The van der Waals surface area contributed by atoms with Gasteiger partial charge in [-0.05, 0) is 45.0 Å². The Morgan fingerprint density at radius 3 is 3.06 bits per heavy atom. The Bertz CT molecular complexity index is 546. The fourth-order valence-electron chi connectivity index (χ4n) is 2.85. The van der Waals surface area contributed by atoms with Gasteiger partial charge in [-0.15, -0.1) is 10.2 Å². The maximum atomic E-state index is 4.37. The lowest BCUT2D eigenvalue weighted by molar-refractivity contribution is 0.182. The molecule has 0 spiro atoms. The van der Waals surface area contributed by atoms with Gasteiger partial charge in [0.15, 0.2) is 5.65 Å².